The molecule has 1 aliphatic heterocycles. The van der Waals surface area contributed by atoms with Gasteiger partial charge < -0.3 is 35.1 Å². The van der Waals surface area contributed by atoms with E-state index in [1.165, 1.54) is 31.0 Å². The molecule has 2 heterocycles. The Bertz CT molecular complexity index is 1860. The standard InChI is InChI=1S/C39H52F3N7O7S/c1-57(52,53)33-8-4-7-30(25-33)27-44-36-34(39(40,41)42)28-45-38(47-36)46-32-11-9-31(10-12-32)37(51)49-16-14-48(15-17-49)18-20-55-22-24-56-23-21-54-19-13-43-35(50)26-29-5-2-3-6-29/h4,7-12,25,28-29H,2-3,5-6,13-24,26-27H2,1H3,(H,43,50)(H2,44,45,46,47). The summed E-state index contributed by atoms with van der Waals surface area (Å²) in [6.45, 7) is 6.48. The molecule has 0 atom stereocenters. The number of nitrogens with one attached hydrogen (secondary N) is 3. The van der Waals surface area contributed by atoms with E-state index in [4.69, 9.17) is 14.2 Å². The van der Waals surface area contributed by atoms with Crippen LogP contribution in [-0.2, 0) is 41.6 Å². The first kappa shape index (κ1) is 43.8. The fraction of sp³-hybridized carbons (Fsp3) is 0.538. The van der Waals surface area contributed by atoms with Crippen molar-refractivity contribution in [3.05, 3.63) is 71.4 Å². The molecule has 3 N–H and O–H groups in total. The van der Waals surface area contributed by atoms with E-state index in [1.54, 1.807) is 35.2 Å². The minimum absolute atomic E-state index is 0.0509. The lowest BCUT2D eigenvalue weighted by Crippen LogP contribution is -2.49. The lowest BCUT2D eigenvalue weighted by molar-refractivity contribution is -0.137. The maximum atomic E-state index is 13.8. The zero-order valence-electron chi connectivity index (χ0n) is 32.2. The summed E-state index contributed by atoms with van der Waals surface area (Å²) in [5, 5.41) is 8.46. The zero-order valence-corrected chi connectivity index (χ0v) is 33.0. The van der Waals surface area contributed by atoms with E-state index in [1.807, 2.05) is 0 Å². The zero-order chi connectivity index (χ0) is 40.7. The van der Waals surface area contributed by atoms with Crippen LogP contribution in [0.25, 0.3) is 0 Å². The lowest BCUT2D eigenvalue weighted by Gasteiger charge is -2.34. The molecule has 0 radical (unpaired) electrons. The molecule has 14 nitrogen and oxygen atoms in total. The molecule has 57 heavy (non-hydrogen) atoms. The van der Waals surface area contributed by atoms with Crippen molar-refractivity contribution in [2.24, 2.45) is 5.92 Å². The van der Waals surface area contributed by atoms with Gasteiger partial charge in [-0.05, 0) is 60.7 Å². The number of hydrogen-bond donors (Lipinski definition) is 3. The number of halogens is 3. The maximum absolute atomic E-state index is 13.8. The van der Waals surface area contributed by atoms with E-state index < -0.39 is 27.4 Å². The van der Waals surface area contributed by atoms with Crippen LogP contribution in [0, 0.1) is 5.92 Å². The van der Waals surface area contributed by atoms with Gasteiger partial charge in [0.05, 0.1) is 44.5 Å². The van der Waals surface area contributed by atoms with Gasteiger partial charge in [-0.15, -0.1) is 0 Å². The van der Waals surface area contributed by atoms with E-state index in [0.29, 0.717) is 108 Å². The molecular formula is C39H52F3N7O7S. The average Bonchev–Trinajstić information content (AvgIpc) is 3.70. The van der Waals surface area contributed by atoms with E-state index in [0.717, 1.165) is 25.6 Å². The van der Waals surface area contributed by atoms with E-state index >= 15 is 0 Å². The first-order valence-corrected chi connectivity index (χ1v) is 21.1. The number of anilines is 3. The molecule has 312 valence electrons. The molecule has 2 aliphatic rings. The van der Waals surface area contributed by atoms with E-state index in [2.05, 4.69) is 30.8 Å². The molecule has 3 aromatic rings. The summed E-state index contributed by atoms with van der Waals surface area (Å²) in [4.78, 5) is 37.1. The molecule has 5 rings (SSSR count). The van der Waals surface area contributed by atoms with Crippen LogP contribution < -0.4 is 16.0 Å². The van der Waals surface area contributed by atoms with Gasteiger partial charge in [-0.25, -0.2) is 13.4 Å². The van der Waals surface area contributed by atoms with Gasteiger partial charge >= 0.3 is 6.18 Å². The SMILES string of the molecule is CS(=O)(=O)c1cccc(CNc2nc(Nc3ccc(C(=O)N4CCN(CCOCCOCCOCCNC(=O)CC5CCCC5)CC4)cc3)ncc2C(F)(F)F)c1. The van der Waals surface area contributed by atoms with Crippen molar-refractivity contribution in [2.75, 3.05) is 95.8 Å². The average molecular weight is 820 g/mol. The van der Waals surface area contributed by atoms with E-state index in [9.17, 15) is 31.2 Å². The number of carbonyl (C=O) groups excluding carboxylic acids is 2. The van der Waals surface area contributed by atoms with Crippen molar-refractivity contribution in [2.45, 2.75) is 49.7 Å². The molecule has 1 saturated heterocycles. The summed E-state index contributed by atoms with van der Waals surface area (Å²) in [7, 11) is -3.50. The van der Waals surface area contributed by atoms with Crippen molar-refractivity contribution in [1.82, 2.24) is 25.1 Å². The van der Waals surface area contributed by atoms with Crippen LogP contribution in [0.4, 0.5) is 30.6 Å². The van der Waals surface area contributed by atoms with Crippen LogP contribution >= 0.6 is 0 Å². The second-order valence-corrected chi connectivity index (χ2v) is 16.1. The van der Waals surface area contributed by atoms with Crippen LogP contribution in [0.5, 0.6) is 0 Å². The summed E-state index contributed by atoms with van der Waals surface area (Å²) in [6, 6.07) is 12.4. The van der Waals surface area contributed by atoms with Gasteiger partial charge in [0.1, 0.15) is 11.4 Å². The Hall–Kier alpha value is -4.36. The Balaban J connectivity index is 0.958. The maximum Gasteiger partial charge on any atom is 0.421 e. The highest BCUT2D eigenvalue weighted by Gasteiger charge is 2.35. The van der Waals surface area contributed by atoms with Crippen LogP contribution in [0.1, 0.15) is 53.6 Å². The van der Waals surface area contributed by atoms with Gasteiger partial charge in [-0.2, -0.15) is 18.2 Å². The van der Waals surface area contributed by atoms with Crippen LogP contribution in [0.2, 0.25) is 0 Å². The predicted molar refractivity (Wildman–Crippen MR) is 208 cm³/mol. The number of carbonyl (C=O) groups is 2. The fourth-order valence-corrected chi connectivity index (χ4v) is 7.28. The van der Waals surface area contributed by atoms with Crippen molar-refractivity contribution in [3.8, 4) is 0 Å². The number of nitrogens with zero attached hydrogens (tertiary/aromatic N) is 4. The summed E-state index contributed by atoms with van der Waals surface area (Å²) >= 11 is 0. The molecule has 2 amide bonds. The number of aromatic nitrogens is 2. The first-order chi connectivity index (χ1) is 27.3. The Morgan fingerprint density at radius 3 is 2.23 bits per heavy atom. The van der Waals surface area contributed by atoms with Gasteiger partial charge in [-0.3, -0.25) is 14.5 Å². The minimum atomic E-state index is -4.74. The minimum Gasteiger partial charge on any atom is -0.378 e. The molecule has 18 heteroatoms. The van der Waals surface area contributed by atoms with Crippen molar-refractivity contribution < 1.29 is 45.4 Å². The summed E-state index contributed by atoms with van der Waals surface area (Å²) in [5.41, 5.74) is 0.313. The van der Waals surface area contributed by atoms with Gasteiger partial charge in [-0.1, -0.05) is 25.0 Å². The van der Waals surface area contributed by atoms with Gasteiger partial charge in [0, 0.05) is 75.9 Å². The number of ether oxygens (including phenoxy) is 3. The monoisotopic (exact) mass is 819 g/mol. The summed E-state index contributed by atoms with van der Waals surface area (Å²) in [5.74, 6) is -0.0573. The molecule has 1 aliphatic carbocycles. The van der Waals surface area contributed by atoms with Gasteiger partial charge in [0.15, 0.2) is 9.84 Å². The Labute approximate surface area is 331 Å². The number of hydrogen-bond acceptors (Lipinski definition) is 12. The molecule has 1 saturated carbocycles. The second-order valence-electron chi connectivity index (χ2n) is 14.1. The number of amides is 2. The largest absolute Gasteiger partial charge is 0.421 e. The third-order valence-electron chi connectivity index (χ3n) is 9.74. The highest BCUT2D eigenvalue weighted by Crippen LogP contribution is 2.34. The molecule has 0 spiro atoms. The highest BCUT2D eigenvalue weighted by molar-refractivity contribution is 7.90. The summed E-state index contributed by atoms with van der Waals surface area (Å²) < 4.78 is 81.9. The first-order valence-electron chi connectivity index (χ1n) is 19.2. The Morgan fingerprint density at radius 2 is 1.56 bits per heavy atom. The molecule has 0 unspecified atom stereocenters. The van der Waals surface area contributed by atoms with Crippen LogP contribution in [0.15, 0.2) is 59.6 Å². The van der Waals surface area contributed by atoms with Crippen molar-refractivity contribution >= 4 is 39.1 Å². The van der Waals surface area contributed by atoms with Crippen LogP contribution in [0.3, 0.4) is 0 Å². The fourth-order valence-electron chi connectivity index (χ4n) is 6.59. The Kier molecular flexibility index (Phi) is 16.4. The predicted octanol–water partition coefficient (Wildman–Crippen LogP) is 4.76. The summed E-state index contributed by atoms with van der Waals surface area (Å²) in [6.07, 6.45) is 2.38. The number of piperazine rings is 1. The second kappa shape index (κ2) is 21.4. The molecule has 0 bridgehead atoms. The van der Waals surface area contributed by atoms with Crippen molar-refractivity contribution in [1.29, 1.82) is 0 Å². The topological polar surface area (TPSA) is 164 Å². The molecule has 2 aromatic carbocycles. The number of rotatable bonds is 21. The third-order valence-corrected chi connectivity index (χ3v) is 10.9. The normalized spacial score (nSPS) is 15.5. The molecule has 2 fully saturated rings. The molecular weight excluding hydrogens is 768 g/mol. The third kappa shape index (κ3) is 14.5. The molecule has 1 aromatic heterocycles. The van der Waals surface area contributed by atoms with E-state index in [-0.39, 0.29) is 29.2 Å². The van der Waals surface area contributed by atoms with Crippen molar-refractivity contribution in [3.63, 3.8) is 0 Å². The quantitative estimate of drug-likeness (QED) is 0.127. The highest BCUT2D eigenvalue weighted by atomic mass is 32.2. The Morgan fingerprint density at radius 1 is 0.895 bits per heavy atom. The number of alkyl halides is 3. The number of sulfone groups is 1. The lowest BCUT2D eigenvalue weighted by atomic mass is 10.0. The van der Waals surface area contributed by atoms with Gasteiger partial charge in [0.25, 0.3) is 5.91 Å². The smallest absolute Gasteiger partial charge is 0.378 e. The van der Waals surface area contributed by atoms with Gasteiger partial charge in [0.2, 0.25) is 11.9 Å². The van der Waals surface area contributed by atoms with Crippen LogP contribution in [-0.4, -0.2) is 125 Å². The number of benzene rings is 2.